The average Bonchev–Trinajstić information content (AvgIpc) is 2.37. The molecule has 1 aromatic heterocycles. The van der Waals surface area contributed by atoms with Gasteiger partial charge in [-0.25, -0.2) is 4.79 Å². The molecule has 15 heavy (non-hydrogen) atoms. The summed E-state index contributed by atoms with van der Waals surface area (Å²) in [5.41, 5.74) is 1.97. The van der Waals surface area contributed by atoms with Gasteiger partial charge in [-0.2, -0.15) is 0 Å². The van der Waals surface area contributed by atoms with E-state index < -0.39 is 0 Å². The maximum atomic E-state index is 11.9. The van der Waals surface area contributed by atoms with Crippen molar-refractivity contribution in [3.8, 4) is 0 Å². The van der Waals surface area contributed by atoms with Crippen LogP contribution in [0.4, 0.5) is 0 Å². The quantitative estimate of drug-likeness (QED) is 0.697. The van der Waals surface area contributed by atoms with Gasteiger partial charge in [0.1, 0.15) is 0 Å². The van der Waals surface area contributed by atoms with E-state index in [0.29, 0.717) is 0 Å². The summed E-state index contributed by atoms with van der Waals surface area (Å²) in [6.45, 7) is 9.60. The van der Waals surface area contributed by atoms with E-state index in [9.17, 15) is 4.79 Å². The summed E-state index contributed by atoms with van der Waals surface area (Å²) in [6, 6.07) is 0.189. The maximum absolute atomic E-state index is 11.9. The Labute approximate surface area is 90.3 Å². The molecule has 0 fully saturated rings. The lowest BCUT2D eigenvalue weighted by Gasteiger charge is -2.07. The predicted octanol–water partition coefficient (Wildman–Crippen LogP) is 2.28. The zero-order valence-electron chi connectivity index (χ0n) is 9.82. The number of imidazole rings is 1. The Hall–Kier alpha value is -1.51. The lowest BCUT2D eigenvalue weighted by Crippen LogP contribution is -2.24. The summed E-state index contributed by atoms with van der Waals surface area (Å²) in [4.78, 5) is 11.9. The zero-order valence-corrected chi connectivity index (χ0v) is 9.82. The molecule has 0 aliphatic heterocycles. The van der Waals surface area contributed by atoms with Crippen molar-refractivity contribution in [1.29, 1.82) is 0 Å². The number of hydrogen-bond acceptors (Lipinski definition) is 1. The van der Waals surface area contributed by atoms with Crippen molar-refractivity contribution in [1.82, 2.24) is 9.13 Å². The van der Waals surface area contributed by atoms with E-state index in [-0.39, 0.29) is 11.7 Å². The number of hydrogen-bond donors (Lipinski definition) is 0. The standard InChI is InChI=1S/C12H18N2O/c1-6-7-8-11-10(4)14(9(2)3)12(15)13(11)5/h6-9H,1H2,2-5H3/b8-7-. The third-order valence-corrected chi connectivity index (χ3v) is 2.49. The minimum Gasteiger partial charge on any atom is -0.295 e. The second kappa shape index (κ2) is 4.34. The smallest absolute Gasteiger partial charge is 0.295 e. The molecule has 1 heterocycles. The Balaban J connectivity index is 3.43. The van der Waals surface area contributed by atoms with Crippen LogP contribution < -0.4 is 5.69 Å². The first-order chi connectivity index (χ1) is 7.00. The second-order valence-corrected chi connectivity index (χ2v) is 3.87. The van der Waals surface area contributed by atoms with Gasteiger partial charge in [0, 0.05) is 18.8 Å². The first-order valence-corrected chi connectivity index (χ1v) is 5.07. The highest BCUT2D eigenvalue weighted by atomic mass is 16.1. The van der Waals surface area contributed by atoms with E-state index >= 15 is 0 Å². The van der Waals surface area contributed by atoms with E-state index in [1.54, 1.807) is 22.3 Å². The highest BCUT2D eigenvalue weighted by molar-refractivity contribution is 5.50. The molecule has 0 amide bonds. The molecule has 3 heteroatoms. The summed E-state index contributed by atoms with van der Waals surface area (Å²) in [6.07, 6.45) is 5.45. The Morgan fingerprint density at radius 3 is 2.40 bits per heavy atom. The molecule has 1 aromatic rings. The van der Waals surface area contributed by atoms with E-state index in [2.05, 4.69) is 6.58 Å². The average molecular weight is 206 g/mol. The molecule has 3 nitrogen and oxygen atoms in total. The fourth-order valence-electron chi connectivity index (χ4n) is 1.77. The van der Waals surface area contributed by atoms with Crippen LogP contribution in [0.15, 0.2) is 23.5 Å². The number of nitrogens with zero attached hydrogens (tertiary/aromatic N) is 2. The fourth-order valence-corrected chi connectivity index (χ4v) is 1.77. The van der Waals surface area contributed by atoms with E-state index in [1.807, 2.05) is 32.9 Å². The third kappa shape index (κ3) is 1.96. The predicted molar refractivity (Wildman–Crippen MR) is 64.0 cm³/mol. The van der Waals surface area contributed by atoms with Gasteiger partial charge in [0.2, 0.25) is 0 Å². The number of allylic oxidation sites excluding steroid dienone is 2. The van der Waals surface area contributed by atoms with Crippen LogP contribution in [-0.4, -0.2) is 9.13 Å². The molecule has 1 rings (SSSR count). The molecule has 0 aliphatic carbocycles. The summed E-state index contributed by atoms with van der Waals surface area (Å²) < 4.78 is 3.46. The minimum atomic E-state index is 0.0335. The summed E-state index contributed by atoms with van der Waals surface area (Å²) in [5, 5.41) is 0. The van der Waals surface area contributed by atoms with E-state index in [0.717, 1.165) is 11.4 Å². The topological polar surface area (TPSA) is 26.9 Å². The first kappa shape index (κ1) is 11.6. The SMILES string of the molecule is C=C/C=C\c1c(C)n(C(C)C)c(=O)n1C. The Kier molecular flexibility index (Phi) is 3.35. The lowest BCUT2D eigenvalue weighted by molar-refractivity contribution is 0.556. The zero-order chi connectivity index (χ0) is 11.6. The van der Waals surface area contributed by atoms with Crippen LogP contribution in [0.3, 0.4) is 0 Å². The van der Waals surface area contributed by atoms with Crippen LogP contribution >= 0.6 is 0 Å². The van der Waals surface area contributed by atoms with Gasteiger partial charge in [0.05, 0.1) is 5.69 Å². The van der Waals surface area contributed by atoms with E-state index in [4.69, 9.17) is 0 Å². The Morgan fingerprint density at radius 2 is 2.00 bits per heavy atom. The van der Waals surface area contributed by atoms with Crippen molar-refractivity contribution >= 4 is 6.08 Å². The lowest BCUT2D eigenvalue weighted by atomic mass is 10.3. The van der Waals surface area contributed by atoms with Crippen molar-refractivity contribution < 1.29 is 0 Å². The monoisotopic (exact) mass is 206 g/mol. The van der Waals surface area contributed by atoms with Gasteiger partial charge in [0.25, 0.3) is 0 Å². The van der Waals surface area contributed by atoms with Gasteiger partial charge in [-0.3, -0.25) is 9.13 Å². The molecule has 0 spiro atoms. The van der Waals surface area contributed by atoms with Crippen LogP contribution in [0, 0.1) is 6.92 Å². The highest BCUT2D eigenvalue weighted by Gasteiger charge is 2.13. The van der Waals surface area contributed by atoms with Crippen LogP contribution in [-0.2, 0) is 7.05 Å². The van der Waals surface area contributed by atoms with Crippen molar-refractivity contribution in [2.24, 2.45) is 7.05 Å². The third-order valence-electron chi connectivity index (χ3n) is 2.49. The van der Waals surface area contributed by atoms with Crippen LogP contribution in [0.2, 0.25) is 0 Å². The van der Waals surface area contributed by atoms with Crippen LogP contribution in [0.1, 0.15) is 31.3 Å². The molecule has 0 saturated heterocycles. The molecule has 0 saturated carbocycles. The molecule has 0 N–H and O–H groups in total. The molecule has 0 atom stereocenters. The maximum Gasteiger partial charge on any atom is 0.328 e. The molecular formula is C12H18N2O. The summed E-state index contributed by atoms with van der Waals surface area (Å²) in [5.74, 6) is 0. The van der Waals surface area contributed by atoms with Crippen molar-refractivity contribution in [2.45, 2.75) is 26.8 Å². The molecule has 0 radical (unpaired) electrons. The van der Waals surface area contributed by atoms with Crippen molar-refractivity contribution in [2.75, 3.05) is 0 Å². The summed E-state index contributed by atoms with van der Waals surface area (Å²) in [7, 11) is 1.79. The Morgan fingerprint density at radius 1 is 1.40 bits per heavy atom. The largest absolute Gasteiger partial charge is 0.328 e. The molecule has 0 unspecified atom stereocenters. The fraction of sp³-hybridized carbons (Fsp3) is 0.417. The number of rotatable bonds is 3. The first-order valence-electron chi connectivity index (χ1n) is 5.07. The van der Waals surface area contributed by atoms with E-state index in [1.165, 1.54) is 0 Å². The van der Waals surface area contributed by atoms with Crippen molar-refractivity contribution in [3.63, 3.8) is 0 Å². The Bertz CT molecular complexity index is 447. The van der Waals surface area contributed by atoms with Gasteiger partial charge in [-0.1, -0.05) is 18.7 Å². The summed E-state index contributed by atoms with van der Waals surface area (Å²) >= 11 is 0. The molecule has 82 valence electrons. The van der Waals surface area contributed by atoms with Gasteiger partial charge in [0.15, 0.2) is 0 Å². The minimum absolute atomic E-state index is 0.0335. The highest BCUT2D eigenvalue weighted by Crippen LogP contribution is 2.12. The van der Waals surface area contributed by atoms with Gasteiger partial charge < -0.3 is 0 Å². The van der Waals surface area contributed by atoms with Gasteiger partial charge in [-0.15, -0.1) is 0 Å². The van der Waals surface area contributed by atoms with Crippen LogP contribution in [0.25, 0.3) is 6.08 Å². The molecular weight excluding hydrogens is 188 g/mol. The normalized spacial score (nSPS) is 11.5. The van der Waals surface area contributed by atoms with Gasteiger partial charge >= 0.3 is 5.69 Å². The van der Waals surface area contributed by atoms with Crippen molar-refractivity contribution in [3.05, 3.63) is 40.6 Å². The van der Waals surface area contributed by atoms with Gasteiger partial charge in [-0.05, 0) is 26.8 Å². The van der Waals surface area contributed by atoms with Crippen LogP contribution in [0.5, 0.6) is 0 Å². The molecule has 0 aliphatic rings. The second-order valence-electron chi connectivity index (χ2n) is 3.87. The molecule has 0 bridgehead atoms. The molecule has 0 aromatic carbocycles. The number of aromatic nitrogens is 2.